The number of para-hydroxylation sites is 1. The predicted octanol–water partition coefficient (Wildman–Crippen LogP) is 5.52. The maximum Gasteiger partial charge on any atom is 0.244 e. The maximum atomic E-state index is 13.5. The minimum absolute atomic E-state index is 0.0398. The molecular weight excluding hydrogens is 439 g/mol. The molecule has 0 aliphatic carbocycles. The number of nitrogens with one attached hydrogen (secondary N) is 1. The summed E-state index contributed by atoms with van der Waals surface area (Å²) in [6.07, 6.45) is 1.49. The van der Waals surface area contributed by atoms with Crippen LogP contribution in [0.3, 0.4) is 0 Å². The van der Waals surface area contributed by atoms with Crippen LogP contribution in [0.4, 0.5) is 10.1 Å². The number of aromatic nitrogens is 1. The lowest BCUT2D eigenvalue weighted by Gasteiger charge is -2.09. The van der Waals surface area contributed by atoms with Gasteiger partial charge in [0.05, 0.1) is 10.6 Å². The number of sulfone groups is 1. The van der Waals surface area contributed by atoms with Gasteiger partial charge in [0, 0.05) is 22.8 Å². The Labute approximate surface area is 192 Å². The summed E-state index contributed by atoms with van der Waals surface area (Å²) in [4.78, 5) is 12.8. The van der Waals surface area contributed by atoms with E-state index < -0.39 is 15.7 Å². The summed E-state index contributed by atoms with van der Waals surface area (Å²) in [5, 5.41) is 3.39. The van der Waals surface area contributed by atoms with Gasteiger partial charge < -0.3 is 9.88 Å². The minimum atomic E-state index is -3.76. The van der Waals surface area contributed by atoms with Gasteiger partial charge in [-0.15, -0.1) is 0 Å². The fourth-order valence-corrected chi connectivity index (χ4v) is 5.39. The van der Waals surface area contributed by atoms with Crippen LogP contribution in [0.25, 0.3) is 10.9 Å². The number of hydrogen-bond donors (Lipinski definition) is 1. The Bertz CT molecular complexity index is 1410. The molecule has 0 radical (unpaired) electrons. The van der Waals surface area contributed by atoms with E-state index in [1.165, 1.54) is 30.0 Å². The molecule has 0 saturated carbocycles. The molecule has 5 nitrogen and oxygen atoms in total. The first-order valence-corrected chi connectivity index (χ1v) is 12.3. The van der Waals surface area contributed by atoms with Gasteiger partial charge in [-0.3, -0.25) is 4.79 Å². The van der Waals surface area contributed by atoms with E-state index in [9.17, 15) is 17.6 Å². The van der Waals surface area contributed by atoms with E-state index in [4.69, 9.17) is 0 Å². The third-order valence-corrected chi connectivity index (χ3v) is 7.22. The fraction of sp³-hybridized carbons (Fsp3) is 0.192. The lowest BCUT2D eigenvalue weighted by Crippen LogP contribution is -2.18. The van der Waals surface area contributed by atoms with Crippen molar-refractivity contribution >= 4 is 32.3 Å². The van der Waals surface area contributed by atoms with Gasteiger partial charge in [0.25, 0.3) is 0 Å². The molecule has 1 amide bonds. The minimum Gasteiger partial charge on any atom is -0.337 e. The number of halogens is 1. The first-order chi connectivity index (χ1) is 15.7. The highest BCUT2D eigenvalue weighted by Crippen LogP contribution is 2.28. The highest BCUT2D eigenvalue weighted by molar-refractivity contribution is 7.90. The fourth-order valence-electron chi connectivity index (χ4n) is 3.82. The van der Waals surface area contributed by atoms with Gasteiger partial charge in [-0.05, 0) is 47.4 Å². The topological polar surface area (TPSA) is 68.2 Å². The monoisotopic (exact) mass is 464 g/mol. The molecule has 0 bridgehead atoms. The molecule has 7 heteroatoms. The molecule has 3 aromatic carbocycles. The number of amides is 1. The standard InChI is InChI=1S/C26H25FN2O3S/c1-18(2)20-10-12-22(13-11-20)28-26(30)16-29-15-25(23-8-3-4-9-24(23)29)33(31,32)17-19-6-5-7-21(27)14-19/h3-15,18H,16-17H2,1-2H3,(H,28,30). The van der Waals surface area contributed by atoms with Crippen LogP contribution in [0.5, 0.6) is 0 Å². The molecule has 0 atom stereocenters. The second kappa shape index (κ2) is 9.19. The molecule has 0 fully saturated rings. The van der Waals surface area contributed by atoms with Crippen molar-refractivity contribution in [3.63, 3.8) is 0 Å². The van der Waals surface area contributed by atoms with E-state index in [1.807, 2.05) is 24.3 Å². The molecular formula is C26H25FN2O3S. The molecule has 0 spiro atoms. The van der Waals surface area contributed by atoms with Gasteiger partial charge in [0.1, 0.15) is 12.4 Å². The van der Waals surface area contributed by atoms with Crippen LogP contribution in [-0.2, 0) is 26.9 Å². The largest absolute Gasteiger partial charge is 0.337 e. The summed E-state index contributed by atoms with van der Waals surface area (Å²) in [7, 11) is -3.76. The Morgan fingerprint density at radius 3 is 2.42 bits per heavy atom. The summed E-state index contributed by atoms with van der Waals surface area (Å²) >= 11 is 0. The molecule has 1 heterocycles. The van der Waals surface area contributed by atoms with Crippen molar-refractivity contribution in [2.75, 3.05) is 5.32 Å². The van der Waals surface area contributed by atoms with Crippen LogP contribution in [0, 0.1) is 5.82 Å². The van der Waals surface area contributed by atoms with Gasteiger partial charge in [0.15, 0.2) is 9.84 Å². The highest BCUT2D eigenvalue weighted by Gasteiger charge is 2.22. The molecule has 4 rings (SSSR count). The lowest BCUT2D eigenvalue weighted by atomic mass is 10.0. The zero-order valence-electron chi connectivity index (χ0n) is 18.5. The van der Waals surface area contributed by atoms with Crippen LogP contribution >= 0.6 is 0 Å². The lowest BCUT2D eigenvalue weighted by molar-refractivity contribution is -0.116. The molecule has 0 aliphatic rings. The zero-order chi connectivity index (χ0) is 23.6. The number of hydrogen-bond acceptors (Lipinski definition) is 3. The molecule has 1 aromatic heterocycles. The van der Waals surface area contributed by atoms with Gasteiger partial charge in [0.2, 0.25) is 5.91 Å². The van der Waals surface area contributed by atoms with Gasteiger partial charge >= 0.3 is 0 Å². The predicted molar refractivity (Wildman–Crippen MR) is 128 cm³/mol. The van der Waals surface area contributed by atoms with E-state index in [-0.39, 0.29) is 23.1 Å². The third-order valence-electron chi connectivity index (χ3n) is 5.51. The Kier molecular flexibility index (Phi) is 6.33. The number of nitrogens with zero attached hydrogens (tertiary/aromatic N) is 1. The average molecular weight is 465 g/mol. The third kappa shape index (κ3) is 5.14. The summed E-state index contributed by atoms with van der Waals surface area (Å²) in [5.41, 5.74) is 2.87. The van der Waals surface area contributed by atoms with Crippen molar-refractivity contribution < 1.29 is 17.6 Å². The highest BCUT2D eigenvalue weighted by atomic mass is 32.2. The van der Waals surface area contributed by atoms with E-state index in [2.05, 4.69) is 19.2 Å². The van der Waals surface area contributed by atoms with Crippen molar-refractivity contribution in [1.82, 2.24) is 4.57 Å². The Hall–Kier alpha value is -3.45. The first kappa shape index (κ1) is 22.7. The van der Waals surface area contributed by atoms with Crippen molar-refractivity contribution in [3.8, 4) is 0 Å². The Balaban J connectivity index is 1.59. The van der Waals surface area contributed by atoms with Crippen LogP contribution in [0.1, 0.15) is 30.9 Å². The number of benzene rings is 3. The molecule has 0 aliphatic heterocycles. The van der Waals surface area contributed by atoms with E-state index >= 15 is 0 Å². The van der Waals surface area contributed by atoms with Crippen molar-refractivity contribution in [2.24, 2.45) is 0 Å². The maximum absolute atomic E-state index is 13.5. The molecule has 0 unspecified atom stereocenters. The van der Waals surface area contributed by atoms with Crippen molar-refractivity contribution in [3.05, 3.63) is 95.9 Å². The Morgan fingerprint density at radius 1 is 1.00 bits per heavy atom. The second-order valence-electron chi connectivity index (χ2n) is 8.35. The van der Waals surface area contributed by atoms with Gasteiger partial charge in [-0.2, -0.15) is 0 Å². The van der Waals surface area contributed by atoms with E-state index in [0.717, 1.165) is 0 Å². The number of fused-ring (bicyclic) bond motifs is 1. The zero-order valence-corrected chi connectivity index (χ0v) is 19.3. The number of anilines is 1. The van der Waals surface area contributed by atoms with Gasteiger partial charge in [-0.25, -0.2) is 12.8 Å². The summed E-state index contributed by atoms with van der Waals surface area (Å²) in [6.45, 7) is 4.16. The molecule has 4 aromatic rings. The Morgan fingerprint density at radius 2 is 1.73 bits per heavy atom. The number of carbonyl (C=O) groups is 1. The summed E-state index contributed by atoms with van der Waals surface area (Å²) < 4.78 is 41.5. The van der Waals surface area contributed by atoms with Gasteiger partial charge in [-0.1, -0.05) is 56.3 Å². The molecule has 0 saturated heterocycles. The molecule has 1 N–H and O–H groups in total. The van der Waals surface area contributed by atoms with Crippen molar-refractivity contribution in [2.45, 2.75) is 37.0 Å². The second-order valence-corrected chi connectivity index (χ2v) is 10.3. The normalized spacial score (nSPS) is 11.8. The number of rotatable bonds is 7. The van der Waals surface area contributed by atoms with E-state index in [1.54, 1.807) is 34.9 Å². The van der Waals surface area contributed by atoms with Crippen LogP contribution < -0.4 is 5.32 Å². The SMILES string of the molecule is CC(C)c1ccc(NC(=O)Cn2cc(S(=O)(=O)Cc3cccc(F)c3)c3ccccc32)cc1. The van der Waals surface area contributed by atoms with E-state index in [0.29, 0.717) is 28.1 Å². The van der Waals surface area contributed by atoms with Crippen LogP contribution in [0.2, 0.25) is 0 Å². The molecule has 33 heavy (non-hydrogen) atoms. The van der Waals surface area contributed by atoms with Crippen molar-refractivity contribution in [1.29, 1.82) is 0 Å². The average Bonchev–Trinajstić information content (AvgIpc) is 3.13. The van der Waals surface area contributed by atoms with Crippen LogP contribution in [-0.4, -0.2) is 18.9 Å². The smallest absolute Gasteiger partial charge is 0.244 e. The summed E-state index contributed by atoms with van der Waals surface area (Å²) in [5.74, 6) is -0.674. The first-order valence-electron chi connectivity index (χ1n) is 10.7. The quantitative estimate of drug-likeness (QED) is 0.392. The molecule has 170 valence electrons. The number of carbonyl (C=O) groups excluding carboxylic acids is 1. The summed E-state index contributed by atoms with van der Waals surface area (Å²) in [6, 6.07) is 20.3. The van der Waals surface area contributed by atoms with Crippen LogP contribution in [0.15, 0.2) is 83.9 Å².